The lowest BCUT2D eigenvalue weighted by Crippen LogP contribution is -2.56. The Balaban J connectivity index is 2.83. The lowest BCUT2D eigenvalue weighted by Gasteiger charge is -2.27. The first kappa shape index (κ1) is 24.7. The Hall–Kier alpha value is -3.37. The Labute approximate surface area is 175 Å². The van der Waals surface area contributed by atoms with E-state index >= 15 is 0 Å². The second kappa shape index (κ2) is 11.0. The van der Waals surface area contributed by atoms with Crippen molar-refractivity contribution in [3.63, 3.8) is 0 Å². The normalized spacial score (nSPS) is 13.7. The minimum atomic E-state index is -1.58. The minimum absolute atomic E-state index is 0.0524. The zero-order valence-corrected chi connectivity index (χ0v) is 17.6. The molecule has 0 aromatic heterocycles. The summed E-state index contributed by atoms with van der Waals surface area (Å²) in [6, 6.07) is 8.88. The number of aliphatic imine (C=N–C) groups is 1. The summed E-state index contributed by atoms with van der Waals surface area (Å²) in [5.41, 5.74) is 6.24. The van der Waals surface area contributed by atoms with E-state index in [1.807, 2.05) is 0 Å². The molecule has 0 spiro atoms. The Morgan fingerprint density at radius 3 is 2.40 bits per heavy atom. The molecule has 0 radical (unpaired) electrons. The summed E-state index contributed by atoms with van der Waals surface area (Å²) in [5.74, 6) is -0.912. The van der Waals surface area contributed by atoms with Crippen molar-refractivity contribution in [2.45, 2.75) is 51.2 Å². The van der Waals surface area contributed by atoms with Gasteiger partial charge < -0.3 is 15.2 Å². The van der Waals surface area contributed by atoms with Gasteiger partial charge in [0.1, 0.15) is 5.60 Å². The molecular formula is C19H29N5O6. The van der Waals surface area contributed by atoms with Gasteiger partial charge in [-0.1, -0.05) is 30.3 Å². The van der Waals surface area contributed by atoms with Crippen LogP contribution in [0.15, 0.2) is 35.3 Å². The summed E-state index contributed by atoms with van der Waals surface area (Å²) in [6.07, 6.45) is -0.374. The van der Waals surface area contributed by atoms with Gasteiger partial charge in [0.25, 0.3) is 0 Å². The first-order chi connectivity index (χ1) is 14.0. The van der Waals surface area contributed by atoms with Gasteiger partial charge in [0, 0.05) is 13.0 Å². The molecule has 1 aromatic rings. The topological polar surface area (TPSA) is 158 Å². The number of esters is 1. The number of hydrogen-bond acceptors (Lipinski definition) is 7. The van der Waals surface area contributed by atoms with E-state index in [4.69, 9.17) is 15.2 Å². The fourth-order valence-electron chi connectivity index (χ4n) is 2.75. The number of nitrogens with one attached hydrogen (secondary N) is 2. The highest BCUT2D eigenvalue weighted by Gasteiger charge is 2.44. The molecule has 11 heteroatoms. The standard InChI is InChI=1S/C19H29N5O6/c1-18(2,3)30-17(26)22-16(20)21-12-8-11-19(15(25)29-4,23-24(27)28)13-14-9-6-5-7-10-14/h5-7,9-10,23H,8,11-13H2,1-4H3,(H3,20,21,22,26)/t19-/m0/s1. The highest BCUT2D eigenvalue weighted by molar-refractivity contribution is 5.92. The monoisotopic (exact) mass is 423 g/mol. The maximum absolute atomic E-state index is 12.5. The molecule has 0 bridgehead atoms. The number of benzene rings is 1. The Bertz CT molecular complexity index is 762. The second-order valence-electron chi connectivity index (χ2n) is 7.60. The van der Waals surface area contributed by atoms with Crippen molar-refractivity contribution in [1.29, 1.82) is 0 Å². The average Bonchev–Trinajstić information content (AvgIpc) is 2.63. The molecule has 0 saturated heterocycles. The van der Waals surface area contributed by atoms with Crippen LogP contribution in [0.1, 0.15) is 39.2 Å². The van der Waals surface area contributed by atoms with E-state index < -0.39 is 28.2 Å². The molecule has 1 amide bonds. The zero-order chi connectivity index (χ0) is 22.8. The molecule has 1 aromatic carbocycles. The van der Waals surface area contributed by atoms with Gasteiger partial charge in [0.15, 0.2) is 16.5 Å². The van der Waals surface area contributed by atoms with Gasteiger partial charge in [-0.05, 0) is 39.2 Å². The molecule has 0 fully saturated rings. The fourth-order valence-corrected chi connectivity index (χ4v) is 2.75. The van der Waals surface area contributed by atoms with Crippen molar-refractivity contribution in [3.05, 3.63) is 46.0 Å². The van der Waals surface area contributed by atoms with Crippen LogP contribution in [0.2, 0.25) is 0 Å². The molecule has 0 aliphatic heterocycles. The van der Waals surface area contributed by atoms with Crippen molar-refractivity contribution in [2.24, 2.45) is 10.7 Å². The Kier molecular flexibility index (Phi) is 9.03. The van der Waals surface area contributed by atoms with E-state index in [2.05, 4.69) is 15.7 Å². The number of amides is 1. The molecule has 0 aliphatic carbocycles. The number of hydrazine groups is 1. The molecule has 11 nitrogen and oxygen atoms in total. The maximum atomic E-state index is 12.5. The van der Waals surface area contributed by atoms with Gasteiger partial charge in [-0.3, -0.25) is 10.3 Å². The fraction of sp³-hybridized carbons (Fsp3) is 0.526. The molecule has 1 atom stereocenters. The molecule has 0 saturated carbocycles. The molecule has 0 heterocycles. The predicted octanol–water partition coefficient (Wildman–Crippen LogP) is 1.54. The van der Waals surface area contributed by atoms with Crippen LogP contribution in [-0.2, 0) is 20.7 Å². The SMILES string of the molecule is COC(=O)[C@](CCCN=C(N)NC(=O)OC(C)(C)C)(Cc1ccccc1)N[N+](=O)[O-]. The van der Waals surface area contributed by atoms with E-state index in [1.54, 1.807) is 51.1 Å². The number of alkyl carbamates (subject to hydrolysis) is 1. The zero-order valence-electron chi connectivity index (χ0n) is 17.6. The number of nitrogens with zero attached hydrogens (tertiary/aromatic N) is 2. The smallest absolute Gasteiger partial charge is 0.414 e. The molecule has 0 aliphatic rings. The average molecular weight is 423 g/mol. The highest BCUT2D eigenvalue weighted by Crippen LogP contribution is 2.22. The van der Waals surface area contributed by atoms with Crippen molar-refractivity contribution in [2.75, 3.05) is 13.7 Å². The summed E-state index contributed by atoms with van der Waals surface area (Å²) < 4.78 is 9.89. The van der Waals surface area contributed by atoms with Gasteiger partial charge in [-0.15, -0.1) is 5.43 Å². The van der Waals surface area contributed by atoms with Crippen LogP contribution in [0.25, 0.3) is 0 Å². The lowest BCUT2D eigenvalue weighted by atomic mass is 9.87. The molecule has 4 N–H and O–H groups in total. The number of hydrogen-bond donors (Lipinski definition) is 3. The number of nitro groups is 1. The number of carbonyl (C=O) groups excluding carboxylic acids is 2. The van der Waals surface area contributed by atoms with E-state index in [-0.39, 0.29) is 31.8 Å². The van der Waals surface area contributed by atoms with Gasteiger partial charge in [0.2, 0.25) is 0 Å². The van der Waals surface area contributed by atoms with Crippen LogP contribution in [0.3, 0.4) is 0 Å². The van der Waals surface area contributed by atoms with Crippen LogP contribution in [0.5, 0.6) is 0 Å². The van der Waals surface area contributed by atoms with Crippen LogP contribution in [0, 0.1) is 10.1 Å². The van der Waals surface area contributed by atoms with Gasteiger partial charge >= 0.3 is 12.1 Å². The van der Waals surface area contributed by atoms with Crippen LogP contribution < -0.4 is 16.5 Å². The van der Waals surface area contributed by atoms with Crippen molar-refractivity contribution >= 4 is 18.0 Å². The second-order valence-corrected chi connectivity index (χ2v) is 7.60. The summed E-state index contributed by atoms with van der Waals surface area (Å²) >= 11 is 0. The first-order valence-corrected chi connectivity index (χ1v) is 9.32. The summed E-state index contributed by atoms with van der Waals surface area (Å²) in [6.45, 7) is 5.25. The Morgan fingerprint density at radius 2 is 1.87 bits per heavy atom. The van der Waals surface area contributed by atoms with Crippen molar-refractivity contribution < 1.29 is 24.1 Å². The first-order valence-electron chi connectivity index (χ1n) is 9.32. The third-order valence-corrected chi connectivity index (χ3v) is 3.90. The predicted molar refractivity (Wildman–Crippen MR) is 110 cm³/mol. The number of nitrogens with two attached hydrogens (primary N) is 1. The third kappa shape index (κ3) is 8.76. The Morgan fingerprint density at radius 1 is 1.23 bits per heavy atom. The molecule has 166 valence electrons. The highest BCUT2D eigenvalue weighted by atomic mass is 16.7. The van der Waals surface area contributed by atoms with Crippen LogP contribution >= 0.6 is 0 Å². The molecule has 30 heavy (non-hydrogen) atoms. The lowest BCUT2D eigenvalue weighted by molar-refractivity contribution is -0.557. The molecular weight excluding hydrogens is 394 g/mol. The minimum Gasteiger partial charge on any atom is -0.467 e. The van der Waals surface area contributed by atoms with Gasteiger partial charge in [-0.25, -0.2) is 19.7 Å². The van der Waals surface area contributed by atoms with Crippen molar-refractivity contribution in [1.82, 2.24) is 10.7 Å². The van der Waals surface area contributed by atoms with Gasteiger partial charge in [-0.2, -0.15) is 0 Å². The quantitative estimate of drug-likeness (QED) is 0.135. The summed E-state index contributed by atoms with van der Waals surface area (Å²) in [5, 5.41) is 12.7. The number of guanidine groups is 1. The third-order valence-electron chi connectivity index (χ3n) is 3.90. The van der Waals surface area contributed by atoms with E-state index in [9.17, 15) is 19.7 Å². The van der Waals surface area contributed by atoms with Crippen molar-refractivity contribution in [3.8, 4) is 0 Å². The number of ether oxygens (including phenoxy) is 2. The summed E-state index contributed by atoms with van der Waals surface area (Å²) in [7, 11) is 1.17. The number of rotatable bonds is 9. The van der Waals surface area contributed by atoms with Crippen LogP contribution in [-0.4, -0.2) is 47.8 Å². The van der Waals surface area contributed by atoms with Gasteiger partial charge in [0.05, 0.1) is 7.11 Å². The molecule has 1 rings (SSSR count). The summed E-state index contributed by atoms with van der Waals surface area (Å²) in [4.78, 5) is 39.3. The largest absolute Gasteiger partial charge is 0.467 e. The van der Waals surface area contributed by atoms with E-state index in [1.165, 1.54) is 7.11 Å². The number of carbonyl (C=O) groups is 2. The van der Waals surface area contributed by atoms with Crippen LogP contribution in [0.4, 0.5) is 4.79 Å². The molecule has 0 unspecified atom stereocenters. The van der Waals surface area contributed by atoms with E-state index in [0.717, 1.165) is 5.56 Å². The number of methoxy groups -OCH3 is 1. The van der Waals surface area contributed by atoms with E-state index in [0.29, 0.717) is 0 Å². The maximum Gasteiger partial charge on any atom is 0.414 e.